The fourth-order valence-corrected chi connectivity index (χ4v) is 2.31. The lowest BCUT2D eigenvalue weighted by Gasteiger charge is -2.10. The van der Waals surface area contributed by atoms with Gasteiger partial charge in [0.25, 0.3) is 0 Å². The molecular formula is C16H13F3N4O2. The van der Waals surface area contributed by atoms with Crippen LogP contribution >= 0.6 is 0 Å². The minimum atomic E-state index is -4.40. The second kappa shape index (κ2) is 6.42. The molecule has 3 rings (SSSR count). The van der Waals surface area contributed by atoms with Gasteiger partial charge in [-0.25, -0.2) is 14.8 Å². The summed E-state index contributed by atoms with van der Waals surface area (Å²) in [4.78, 5) is 19.8. The summed E-state index contributed by atoms with van der Waals surface area (Å²) in [6.07, 6.45) is -0.0928. The van der Waals surface area contributed by atoms with Crippen LogP contribution in [0.3, 0.4) is 0 Å². The molecule has 0 bridgehead atoms. The van der Waals surface area contributed by atoms with Gasteiger partial charge in [-0.1, -0.05) is 12.1 Å². The second-order valence-corrected chi connectivity index (χ2v) is 5.16. The standard InChI is InChI=1S/C16H13F3N4O2/c1-25-15(24)21-8-12-9-23-7-6-20-14(23)13(22-12)10-2-4-11(5-3-10)16(17,18)19/h2-7,9H,8H2,1H3,(H,21,24). The lowest BCUT2D eigenvalue weighted by molar-refractivity contribution is -0.137. The average Bonchev–Trinajstić information content (AvgIpc) is 3.06. The molecule has 0 spiro atoms. The predicted molar refractivity (Wildman–Crippen MR) is 82.7 cm³/mol. The molecule has 130 valence electrons. The van der Waals surface area contributed by atoms with Gasteiger partial charge in [-0.15, -0.1) is 0 Å². The zero-order chi connectivity index (χ0) is 18.0. The second-order valence-electron chi connectivity index (χ2n) is 5.16. The lowest BCUT2D eigenvalue weighted by Crippen LogP contribution is -2.23. The van der Waals surface area contributed by atoms with E-state index in [2.05, 4.69) is 20.0 Å². The number of rotatable bonds is 3. The zero-order valence-electron chi connectivity index (χ0n) is 13.0. The number of hydrogen-bond donors (Lipinski definition) is 1. The first-order valence-electron chi connectivity index (χ1n) is 7.20. The van der Waals surface area contributed by atoms with Crippen molar-refractivity contribution in [1.29, 1.82) is 0 Å². The maximum Gasteiger partial charge on any atom is 0.416 e. The van der Waals surface area contributed by atoms with E-state index in [1.165, 1.54) is 19.2 Å². The van der Waals surface area contributed by atoms with Crippen LogP contribution in [0.2, 0.25) is 0 Å². The minimum absolute atomic E-state index is 0.106. The van der Waals surface area contributed by atoms with Crippen molar-refractivity contribution in [3.63, 3.8) is 0 Å². The fourth-order valence-electron chi connectivity index (χ4n) is 2.31. The van der Waals surface area contributed by atoms with Crippen molar-refractivity contribution < 1.29 is 22.7 Å². The Morgan fingerprint density at radius 3 is 2.64 bits per heavy atom. The van der Waals surface area contributed by atoms with Gasteiger partial charge in [0.05, 0.1) is 24.9 Å². The van der Waals surface area contributed by atoms with Crippen LogP contribution in [0, 0.1) is 0 Å². The molecular weight excluding hydrogens is 337 g/mol. The maximum atomic E-state index is 12.7. The number of benzene rings is 1. The normalized spacial score (nSPS) is 11.5. The molecule has 0 aliphatic carbocycles. The number of methoxy groups -OCH3 is 1. The molecule has 9 heteroatoms. The summed E-state index contributed by atoms with van der Waals surface area (Å²) < 4.78 is 44.3. The molecule has 1 N–H and O–H groups in total. The van der Waals surface area contributed by atoms with Gasteiger partial charge in [-0.05, 0) is 12.1 Å². The van der Waals surface area contributed by atoms with E-state index in [9.17, 15) is 18.0 Å². The third kappa shape index (κ3) is 3.54. The number of amides is 1. The number of aromatic nitrogens is 3. The average molecular weight is 350 g/mol. The number of hydrogen-bond acceptors (Lipinski definition) is 4. The van der Waals surface area contributed by atoms with Gasteiger partial charge < -0.3 is 14.5 Å². The van der Waals surface area contributed by atoms with Crippen molar-refractivity contribution in [2.24, 2.45) is 0 Å². The van der Waals surface area contributed by atoms with Crippen LogP contribution in [0.1, 0.15) is 11.3 Å². The molecule has 0 unspecified atom stereocenters. The van der Waals surface area contributed by atoms with Gasteiger partial charge in [0, 0.05) is 24.2 Å². The Bertz CT molecular complexity index is 904. The van der Waals surface area contributed by atoms with Crippen molar-refractivity contribution in [3.05, 3.63) is 54.1 Å². The van der Waals surface area contributed by atoms with Crippen LogP contribution in [0.5, 0.6) is 0 Å². The molecule has 0 radical (unpaired) electrons. The summed E-state index contributed by atoms with van der Waals surface area (Å²) in [5.74, 6) is 0. The first-order valence-corrected chi connectivity index (χ1v) is 7.20. The highest BCUT2D eigenvalue weighted by Crippen LogP contribution is 2.31. The molecule has 0 fully saturated rings. The summed E-state index contributed by atoms with van der Waals surface area (Å²) in [6.45, 7) is 0.106. The summed E-state index contributed by atoms with van der Waals surface area (Å²) >= 11 is 0. The number of nitrogens with zero attached hydrogens (tertiary/aromatic N) is 3. The minimum Gasteiger partial charge on any atom is -0.453 e. The van der Waals surface area contributed by atoms with E-state index in [4.69, 9.17) is 0 Å². The highest BCUT2D eigenvalue weighted by Gasteiger charge is 2.30. The van der Waals surface area contributed by atoms with Gasteiger partial charge in [-0.3, -0.25) is 0 Å². The Kier molecular flexibility index (Phi) is 4.30. The van der Waals surface area contributed by atoms with E-state index in [0.29, 0.717) is 22.6 Å². The van der Waals surface area contributed by atoms with E-state index in [1.54, 1.807) is 23.0 Å². The van der Waals surface area contributed by atoms with E-state index in [0.717, 1.165) is 12.1 Å². The molecule has 0 aliphatic rings. The van der Waals surface area contributed by atoms with Crippen LogP contribution in [-0.4, -0.2) is 27.6 Å². The summed E-state index contributed by atoms with van der Waals surface area (Å²) in [5, 5.41) is 2.51. The lowest BCUT2D eigenvalue weighted by atomic mass is 10.1. The quantitative estimate of drug-likeness (QED) is 0.787. The van der Waals surface area contributed by atoms with Crippen molar-refractivity contribution in [2.45, 2.75) is 12.7 Å². The maximum absolute atomic E-state index is 12.7. The van der Waals surface area contributed by atoms with Gasteiger partial charge in [0.2, 0.25) is 0 Å². The van der Waals surface area contributed by atoms with Crippen LogP contribution in [0.15, 0.2) is 42.9 Å². The van der Waals surface area contributed by atoms with E-state index < -0.39 is 17.8 Å². The number of carbonyl (C=O) groups excluding carboxylic acids is 1. The Hall–Kier alpha value is -3.10. The topological polar surface area (TPSA) is 68.5 Å². The van der Waals surface area contributed by atoms with E-state index in [1.807, 2.05) is 0 Å². The van der Waals surface area contributed by atoms with Crippen LogP contribution in [0.25, 0.3) is 16.9 Å². The zero-order valence-corrected chi connectivity index (χ0v) is 13.0. The van der Waals surface area contributed by atoms with Gasteiger partial charge >= 0.3 is 12.3 Å². The van der Waals surface area contributed by atoms with Crippen molar-refractivity contribution in [2.75, 3.05) is 7.11 Å². The smallest absolute Gasteiger partial charge is 0.416 e. The molecule has 0 atom stereocenters. The van der Waals surface area contributed by atoms with Crippen molar-refractivity contribution >= 4 is 11.7 Å². The largest absolute Gasteiger partial charge is 0.453 e. The van der Waals surface area contributed by atoms with Crippen molar-refractivity contribution in [3.8, 4) is 11.3 Å². The number of imidazole rings is 1. The number of fused-ring (bicyclic) bond motifs is 1. The molecule has 2 heterocycles. The fraction of sp³-hybridized carbons (Fsp3) is 0.188. The number of carbonyl (C=O) groups is 1. The predicted octanol–water partition coefficient (Wildman–Crippen LogP) is 3.27. The third-order valence-corrected chi connectivity index (χ3v) is 3.51. The molecule has 6 nitrogen and oxygen atoms in total. The molecule has 1 aromatic carbocycles. The highest BCUT2D eigenvalue weighted by molar-refractivity contribution is 5.74. The summed E-state index contributed by atoms with van der Waals surface area (Å²) in [7, 11) is 1.25. The third-order valence-electron chi connectivity index (χ3n) is 3.51. The highest BCUT2D eigenvalue weighted by atomic mass is 19.4. The van der Waals surface area contributed by atoms with E-state index >= 15 is 0 Å². The summed E-state index contributed by atoms with van der Waals surface area (Å²) in [5.41, 5.74) is 1.18. The van der Waals surface area contributed by atoms with Gasteiger partial charge in [0.1, 0.15) is 5.69 Å². The van der Waals surface area contributed by atoms with Crippen LogP contribution in [-0.2, 0) is 17.5 Å². The van der Waals surface area contributed by atoms with Crippen LogP contribution in [0.4, 0.5) is 18.0 Å². The number of nitrogens with one attached hydrogen (secondary N) is 1. The monoisotopic (exact) mass is 350 g/mol. The molecule has 25 heavy (non-hydrogen) atoms. The Labute approximate surface area is 140 Å². The van der Waals surface area contributed by atoms with E-state index in [-0.39, 0.29) is 6.54 Å². The molecule has 2 aromatic heterocycles. The molecule has 3 aromatic rings. The first-order chi connectivity index (χ1) is 11.9. The first kappa shape index (κ1) is 16.7. The number of alkyl carbamates (subject to hydrolysis) is 1. The van der Waals surface area contributed by atoms with Crippen LogP contribution < -0.4 is 5.32 Å². The summed E-state index contributed by atoms with van der Waals surface area (Å²) in [6, 6.07) is 4.68. The SMILES string of the molecule is COC(=O)NCc1cn2ccnc2c(-c2ccc(C(F)(F)F)cc2)n1. The molecule has 1 amide bonds. The molecule has 0 saturated carbocycles. The Morgan fingerprint density at radius 1 is 1.28 bits per heavy atom. The molecule has 0 saturated heterocycles. The van der Waals surface area contributed by atoms with Crippen molar-refractivity contribution in [1.82, 2.24) is 19.7 Å². The molecule has 0 aliphatic heterocycles. The number of halogens is 3. The number of alkyl halides is 3. The Balaban J connectivity index is 1.99. The van der Waals surface area contributed by atoms with Gasteiger partial charge in [-0.2, -0.15) is 13.2 Å². The van der Waals surface area contributed by atoms with Gasteiger partial charge in [0.15, 0.2) is 5.65 Å². The number of ether oxygens (including phenoxy) is 1. The Morgan fingerprint density at radius 2 is 2.00 bits per heavy atom.